The third kappa shape index (κ3) is 5.17. The molecule has 1 N–H and O–H groups in total. The van der Waals surface area contributed by atoms with E-state index >= 15 is 0 Å². The van der Waals surface area contributed by atoms with Crippen LogP contribution in [-0.2, 0) is 30.5 Å². The first-order valence-corrected chi connectivity index (χ1v) is 10.4. The highest BCUT2D eigenvalue weighted by atomic mass is 16.5. The van der Waals surface area contributed by atoms with Gasteiger partial charge in [0, 0.05) is 10.9 Å². The molecule has 0 aliphatic carbocycles. The number of carboxylic acid groups (broad SMARTS) is 1. The predicted molar refractivity (Wildman–Crippen MR) is 114 cm³/mol. The Morgan fingerprint density at radius 3 is 2.48 bits per heavy atom. The van der Waals surface area contributed by atoms with Gasteiger partial charge in [-0.3, -0.25) is 4.79 Å². The Labute approximate surface area is 171 Å². The number of hydrogen-bond acceptors (Lipinski definition) is 4. The fourth-order valence-electron chi connectivity index (χ4n) is 3.59. The van der Waals surface area contributed by atoms with E-state index in [1.54, 1.807) is 0 Å². The third-order valence-corrected chi connectivity index (χ3v) is 5.16. The summed E-state index contributed by atoms with van der Waals surface area (Å²) < 4.78 is 11.9. The van der Waals surface area contributed by atoms with Gasteiger partial charge in [-0.15, -0.1) is 0 Å². The third-order valence-electron chi connectivity index (χ3n) is 5.16. The van der Waals surface area contributed by atoms with Crippen LogP contribution in [0.1, 0.15) is 56.0 Å². The second kappa shape index (κ2) is 9.59. The highest BCUT2D eigenvalue weighted by Crippen LogP contribution is 2.32. The van der Waals surface area contributed by atoms with Crippen LogP contribution in [0.4, 0.5) is 0 Å². The molecule has 0 aliphatic rings. The van der Waals surface area contributed by atoms with Gasteiger partial charge in [0.05, 0.1) is 18.2 Å². The van der Waals surface area contributed by atoms with Crippen LogP contribution in [0.15, 0.2) is 40.9 Å². The summed E-state index contributed by atoms with van der Waals surface area (Å²) in [5, 5.41) is 14.2. The molecule has 1 atom stereocenters. The van der Waals surface area contributed by atoms with Crippen LogP contribution < -0.4 is 4.74 Å². The molecule has 5 nitrogen and oxygen atoms in total. The van der Waals surface area contributed by atoms with E-state index in [1.165, 1.54) is 5.56 Å². The number of benzene rings is 2. The topological polar surface area (TPSA) is 72.6 Å². The highest BCUT2D eigenvalue weighted by molar-refractivity contribution is 5.84. The lowest BCUT2D eigenvalue weighted by molar-refractivity contribution is -0.136. The van der Waals surface area contributed by atoms with Crippen LogP contribution in [0.2, 0.25) is 0 Å². The minimum absolute atomic E-state index is 0.0512. The van der Waals surface area contributed by atoms with Crippen LogP contribution in [0, 0.1) is 0 Å². The van der Waals surface area contributed by atoms with Crippen molar-refractivity contribution in [2.45, 2.75) is 65.4 Å². The van der Waals surface area contributed by atoms with Gasteiger partial charge in [0.15, 0.2) is 5.58 Å². The SMILES string of the molecule is CCCc1c(OC(C)CCc2ccc(CC(=O)O)cc2)ccc2c(CC)noc12. The second-order valence-corrected chi connectivity index (χ2v) is 7.51. The normalized spacial score (nSPS) is 12.2. The van der Waals surface area contributed by atoms with Gasteiger partial charge in [0.1, 0.15) is 5.75 Å². The molecule has 154 valence electrons. The first-order chi connectivity index (χ1) is 14.0. The summed E-state index contributed by atoms with van der Waals surface area (Å²) in [6, 6.07) is 11.9. The number of carboxylic acids is 1. The molecule has 1 unspecified atom stereocenters. The lowest BCUT2D eigenvalue weighted by atomic mass is 10.0. The average Bonchev–Trinajstić information content (AvgIpc) is 3.12. The van der Waals surface area contributed by atoms with Gasteiger partial charge in [0.2, 0.25) is 0 Å². The Kier molecular flexibility index (Phi) is 6.91. The van der Waals surface area contributed by atoms with Crippen molar-refractivity contribution in [3.8, 4) is 5.75 Å². The zero-order chi connectivity index (χ0) is 20.8. The van der Waals surface area contributed by atoms with Crippen molar-refractivity contribution < 1.29 is 19.2 Å². The quantitative estimate of drug-likeness (QED) is 0.500. The number of carbonyl (C=O) groups is 1. The maximum atomic E-state index is 10.8. The fraction of sp³-hybridized carbons (Fsp3) is 0.417. The zero-order valence-electron chi connectivity index (χ0n) is 17.4. The standard InChI is InChI=1S/C24H29NO4/c1-4-6-20-22(14-13-19-21(5-2)25-29-24(19)20)28-16(3)7-8-17-9-11-18(12-10-17)15-23(26)27/h9-14,16H,4-8,15H2,1-3H3,(H,26,27). The minimum atomic E-state index is -0.808. The maximum Gasteiger partial charge on any atom is 0.307 e. The van der Waals surface area contributed by atoms with Gasteiger partial charge in [-0.1, -0.05) is 49.7 Å². The van der Waals surface area contributed by atoms with Crippen molar-refractivity contribution in [2.75, 3.05) is 0 Å². The smallest absolute Gasteiger partial charge is 0.307 e. The molecule has 1 heterocycles. The summed E-state index contributed by atoms with van der Waals surface area (Å²) in [6.45, 7) is 6.31. The predicted octanol–water partition coefficient (Wildman–Crippen LogP) is 5.37. The Morgan fingerprint density at radius 2 is 1.83 bits per heavy atom. The first-order valence-electron chi connectivity index (χ1n) is 10.4. The molecule has 0 radical (unpaired) electrons. The summed E-state index contributed by atoms with van der Waals surface area (Å²) in [7, 11) is 0. The zero-order valence-corrected chi connectivity index (χ0v) is 17.4. The van der Waals surface area contributed by atoms with Gasteiger partial charge in [-0.2, -0.15) is 0 Å². The number of aryl methyl sites for hydroxylation is 3. The number of hydrogen-bond donors (Lipinski definition) is 1. The number of nitrogens with zero attached hydrogens (tertiary/aromatic N) is 1. The van der Waals surface area contributed by atoms with Gasteiger partial charge in [-0.05, 0) is 55.9 Å². The van der Waals surface area contributed by atoms with Crippen molar-refractivity contribution in [2.24, 2.45) is 0 Å². The molecule has 3 rings (SSSR count). The van der Waals surface area contributed by atoms with E-state index in [0.717, 1.165) is 65.6 Å². The number of aromatic nitrogens is 1. The maximum absolute atomic E-state index is 10.8. The molecule has 0 saturated heterocycles. The molecule has 0 saturated carbocycles. The van der Waals surface area contributed by atoms with Crippen LogP contribution in [0.5, 0.6) is 5.75 Å². The molecule has 3 aromatic rings. The van der Waals surface area contributed by atoms with Gasteiger partial charge >= 0.3 is 5.97 Å². The van der Waals surface area contributed by atoms with E-state index < -0.39 is 5.97 Å². The van der Waals surface area contributed by atoms with Gasteiger partial charge in [-0.25, -0.2) is 0 Å². The molecule has 0 fully saturated rings. The fourth-order valence-corrected chi connectivity index (χ4v) is 3.59. The Balaban J connectivity index is 1.66. The van der Waals surface area contributed by atoms with Crippen LogP contribution >= 0.6 is 0 Å². The van der Waals surface area contributed by atoms with Crippen molar-refractivity contribution in [3.63, 3.8) is 0 Å². The molecule has 0 amide bonds. The average molecular weight is 395 g/mol. The van der Waals surface area contributed by atoms with Crippen molar-refractivity contribution in [1.29, 1.82) is 0 Å². The number of fused-ring (bicyclic) bond motifs is 1. The van der Waals surface area contributed by atoms with E-state index in [9.17, 15) is 4.79 Å². The molecular weight excluding hydrogens is 366 g/mol. The monoisotopic (exact) mass is 395 g/mol. The highest BCUT2D eigenvalue weighted by Gasteiger charge is 2.17. The van der Waals surface area contributed by atoms with Crippen LogP contribution in [0.25, 0.3) is 11.0 Å². The largest absolute Gasteiger partial charge is 0.490 e. The van der Waals surface area contributed by atoms with Gasteiger partial charge in [0.25, 0.3) is 0 Å². The summed E-state index contributed by atoms with van der Waals surface area (Å²) >= 11 is 0. The van der Waals surface area contributed by atoms with Crippen LogP contribution in [-0.4, -0.2) is 22.3 Å². The first kappa shape index (κ1) is 20.9. The molecular formula is C24H29NO4. The minimum Gasteiger partial charge on any atom is -0.490 e. The Bertz CT molecular complexity index is 959. The summed E-state index contributed by atoms with van der Waals surface area (Å²) in [5.74, 6) is 0.0694. The Morgan fingerprint density at radius 1 is 1.10 bits per heavy atom. The van der Waals surface area contributed by atoms with E-state index in [-0.39, 0.29) is 12.5 Å². The van der Waals surface area contributed by atoms with E-state index in [4.69, 9.17) is 14.4 Å². The molecule has 0 spiro atoms. The number of ether oxygens (including phenoxy) is 1. The van der Waals surface area contributed by atoms with Crippen molar-refractivity contribution in [3.05, 3.63) is 58.8 Å². The second-order valence-electron chi connectivity index (χ2n) is 7.51. The number of aliphatic carboxylic acids is 1. The van der Waals surface area contributed by atoms with Crippen molar-refractivity contribution >= 4 is 16.9 Å². The molecule has 1 aromatic heterocycles. The van der Waals surface area contributed by atoms with E-state index in [2.05, 4.69) is 25.9 Å². The molecule has 2 aromatic carbocycles. The van der Waals surface area contributed by atoms with Crippen LogP contribution in [0.3, 0.4) is 0 Å². The van der Waals surface area contributed by atoms with E-state index in [1.807, 2.05) is 36.4 Å². The summed E-state index contributed by atoms with van der Waals surface area (Å²) in [4.78, 5) is 10.8. The van der Waals surface area contributed by atoms with E-state index in [0.29, 0.717) is 0 Å². The lowest BCUT2D eigenvalue weighted by Gasteiger charge is -2.17. The van der Waals surface area contributed by atoms with Gasteiger partial charge < -0.3 is 14.4 Å². The molecule has 5 heteroatoms. The molecule has 29 heavy (non-hydrogen) atoms. The lowest BCUT2D eigenvalue weighted by Crippen LogP contribution is -2.14. The van der Waals surface area contributed by atoms with Crippen molar-refractivity contribution in [1.82, 2.24) is 5.16 Å². The number of rotatable bonds is 10. The Hall–Kier alpha value is -2.82. The summed E-state index contributed by atoms with van der Waals surface area (Å²) in [6.07, 6.45) is 4.61. The molecule has 0 bridgehead atoms. The summed E-state index contributed by atoms with van der Waals surface area (Å²) in [5.41, 5.74) is 4.94. The molecule has 0 aliphatic heterocycles.